The van der Waals surface area contributed by atoms with Crippen LogP contribution in [0, 0.1) is 5.41 Å². The molecule has 0 saturated carbocycles. The van der Waals surface area contributed by atoms with E-state index in [1.54, 1.807) is 0 Å². The molecule has 0 heterocycles. The fourth-order valence-corrected chi connectivity index (χ4v) is 3.29. The van der Waals surface area contributed by atoms with Crippen molar-refractivity contribution in [2.75, 3.05) is 0 Å². The molecule has 0 aromatic carbocycles. The molecule has 0 amide bonds. The van der Waals surface area contributed by atoms with Gasteiger partial charge in [0.25, 0.3) is 0 Å². The number of hydrogen-bond acceptors (Lipinski definition) is 0. The normalized spacial score (nSPS) is 12.0. The van der Waals surface area contributed by atoms with Gasteiger partial charge in [-0.2, -0.15) is 0 Å². The van der Waals surface area contributed by atoms with E-state index in [2.05, 4.69) is 27.7 Å². The zero-order valence-electron chi connectivity index (χ0n) is 14.4. The predicted molar refractivity (Wildman–Crippen MR) is 89.8 cm³/mol. The lowest BCUT2D eigenvalue weighted by molar-refractivity contribution is 0.202. The molecule has 0 spiro atoms. The van der Waals surface area contributed by atoms with Crippen molar-refractivity contribution in [2.24, 2.45) is 5.41 Å². The van der Waals surface area contributed by atoms with Crippen molar-refractivity contribution in [2.45, 2.75) is 118 Å². The Morgan fingerprint density at radius 2 is 0.842 bits per heavy atom. The third-order valence-electron chi connectivity index (χ3n) is 5.12. The first-order valence-corrected chi connectivity index (χ1v) is 9.24. The fourth-order valence-electron chi connectivity index (χ4n) is 3.29. The van der Waals surface area contributed by atoms with Crippen LogP contribution in [-0.2, 0) is 0 Å². The van der Waals surface area contributed by atoms with Crippen molar-refractivity contribution >= 4 is 0 Å². The maximum Gasteiger partial charge on any atom is -0.0303 e. The summed E-state index contributed by atoms with van der Waals surface area (Å²) in [6.45, 7) is 9.44. The summed E-state index contributed by atoms with van der Waals surface area (Å²) >= 11 is 0. The molecular formula is C19H40. The Morgan fingerprint density at radius 1 is 0.474 bits per heavy atom. The zero-order valence-corrected chi connectivity index (χ0v) is 14.4. The minimum absolute atomic E-state index is 0.679. The zero-order chi connectivity index (χ0) is 14.4. The Bertz CT molecular complexity index is 151. The van der Waals surface area contributed by atoms with Crippen LogP contribution in [0.3, 0.4) is 0 Å². The summed E-state index contributed by atoms with van der Waals surface area (Å²) in [5, 5.41) is 0. The van der Waals surface area contributed by atoms with Crippen molar-refractivity contribution < 1.29 is 0 Å². The Morgan fingerprint density at radius 3 is 1.16 bits per heavy atom. The first-order chi connectivity index (χ1) is 9.24. The van der Waals surface area contributed by atoms with Crippen molar-refractivity contribution in [1.82, 2.24) is 0 Å². The summed E-state index contributed by atoms with van der Waals surface area (Å²) in [4.78, 5) is 0. The molecule has 0 radical (unpaired) electrons. The van der Waals surface area contributed by atoms with Gasteiger partial charge >= 0.3 is 0 Å². The highest BCUT2D eigenvalue weighted by atomic mass is 14.3. The van der Waals surface area contributed by atoms with E-state index in [-0.39, 0.29) is 0 Å². The first kappa shape index (κ1) is 19.0. The number of hydrogen-bond donors (Lipinski definition) is 0. The molecule has 0 aromatic rings. The molecule has 0 unspecified atom stereocenters. The van der Waals surface area contributed by atoms with Crippen LogP contribution >= 0.6 is 0 Å². The fraction of sp³-hybridized carbons (Fsp3) is 1.00. The molecule has 0 aliphatic rings. The molecule has 19 heavy (non-hydrogen) atoms. The van der Waals surface area contributed by atoms with Crippen molar-refractivity contribution in [3.63, 3.8) is 0 Å². The lowest BCUT2D eigenvalue weighted by Gasteiger charge is -2.32. The highest BCUT2D eigenvalue weighted by molar-refractivity contribution is 4.76. The van der Waals surface area contributed by atoms with E-state index < -0.39 is 0 Å². The van der Waals surface area contributed by atoms with Gasteiger partial charge in [0.05, 0.1) is 0 Å². The Balaban J connectivity index is 3.83. The predicted octanol–water partition coefficient (Wildman–Crippen LogP) is 7.51. The second-order valence-corrected chi connectivity index (χ2v) is 6.54. The van der Waals surface area contributed by atoms with Gasteiger partial charge in [0.15, 0.2) is 0 Å². The van der Waals surface area contributed by atoms with Crippen LogP contribution in [0.4, 0.5) is 0 Å². The topological polar surface area (TPSA) is 0 Å². The minimum atomic E-state index is 0.679. The van der Waals surface area contributed by atoms with E-state index in [0.29, 0.717) is 5.41 Å². The maximum absolute atomic E-state index is 2.42. The van der Waals surface area contributed by atoms with Gasteiger partial charge in [-0.3, -0.25) is 0 Å². The molecule has 0 N–H and O–H groups in total. The molecule has 0 aliphatic heterocycles. The summed E-state index contributed by atoms with van der Waals surface area (Å²) in [5.41, 5.74) is 0.679. The van der Waals surface area contributed by atoms with Gasteiger partial charge in [0, 0.05) is 0 Å². The highest BCUT2D eigenvalue weighted by Gasteiger charge is 2.24. The molecule has 116 valence electrons. The molecule has 0 aliphatic carbocycles. The van der Waals surface area contributed by atoms with Gasteiger partial charge in [0.2, 0.25) is 0 Å². The van der Waals surface area contributed by atoms with E-state index >= 15 is 0 Å². The molecule has 0 heteroatoms. The molecule has 0 atom stereocenters. The molecule has 0 aromatic heterocycles. The SMILES string of the molecule is CCCCCCCC(CC)(CC)CCCCCCC. The average Bonchev–Trinajstić information content (AvgIpc) is 2.45. The van der Waals surface area contributed by atoms with Crippen LogP contribution in [0.15, 0.2) is 0 Å². The Kier molecular flexibility index (Phi) is 13.0. The molecule has 0 saturated heterocycles. The standard InChI is InChI=1S/C19H40/c1-5-9-11-13-15-17-19(7-3,8-4)18-16-14-12-10-6-2/h5-18H2,1-4H3. The van der Waals surface area contributed by atoms with Crippen LogP contribution < -0.4 is 0 Å². The minimum Gasteiger partial charge on any atom is -0.0654 e. The molecule has 0 rings (SSSR count). The highest BCUT2D eigenvalue weighted by Crippen LogP contribution is 2.38. The van der Waals surface area contributed by atoms with Gasteiger partial charge in [-0.1, -0.05) is 105 Å². The second-order valence-electron chi connectivity index (χ2n) is 6.54. The molecule has 0 nitrogen and oxygen atoms in total. The summed E-state index contributed by atoms with van der Waals surface area (Å²) in [6.07, 6.45) is 20.1. The molecular weight excluding hydrogens is 228 g/mol. The van der Waals surface area contributed by atoms with E-state index in [4.69, 9.17) is 0 Å². The van der Waals surface area contributed by atoms with Gasteiger partial charge in [0.1, 0.15) is 0 Å². The van der Waals surface area contributed by atoms with Crippen LogP contribution in [0.1, 0.15) is 118 Å². The number of rotatable bonds is 14. The lowest BCUT2D eigenvalue weighted by atomic mass is 9.74. The Hall–Kier alpha value is 0. The van der Waals surface area contributed by atoms with Gasteiger partial charge in [-0.25, -0.2) is 0 Å². The molecule has 0 bridgehead atoms. The van der Waals surface area contributed by atoms with Crippen LogP contribution in [0.2, 0.25) is 0 Å². The Labute approximate surface area is 123 Å². The molecule has 0 fully saturated rings. The summed E-state index contributed by atoms with van der Waals surface area (Å²) < 4.78 is 0. The largest absolute Gasteiger partial charge is 0.0654 e. The number of unbranched alkanes of at least 4 members (excludes halogenated alkanes) is 8. The van der Waals surface area contributed by atoms with E-state index in [0.717, 1.165) is 0 Å². The third kappa shape index (κ3) is 9.52. The second kappa shape index (κ2) is 13.0. The van der Waals surface area contributed by atoms with Crippen LogP contribution in [0.25, 0.3) is 0 Å². The van der Waals surface area contributed by atoms with E-state index in [9.17, 15) is 0 Å². The van der Waals surface area contributed by atoms with E-state index in [1.165, 1.54) is 89.9 Å². The van der Waals surface area contributed by atoms with Gasteiger partial charge in [-0.15, -0.1) is 0 Å². The summed E-state index contributed by atoms with van der Waals surface area (Å²) in [5.74, 6) is 0. The summed E-state index contributed by atoms with van der Waals surface area (Å²) in [7, 11) is 0. The van der Waals surface area contributed by atoms with Crippen molar-refractivity contribution in [1.29, 1.82) is 0 Å². The van der Waals surface area contributed by atoms with Gasteiger partial charge < -0.3 is 0 Å². The lowest BCUT2D eigenvalue weighted by Crippen LogP contribution is -2.18. The smallest absolute Gasteiger partial charge is 0.0303 e. The van der Waals surface area contributed by atoms with E-state index in [1.807, 2.05) is 0 Å². The summed E-state index contributed by atoms with van der Waals surface area (Å²) in [6, 6.07) is 0. The first-order valence-electron chi connectivity index (χ1n) is 9.24. The van der Waals surface area contributed by atoms with Crippen LogP contribution in [-0.4, -0.2) is 0 Å². The third-order valence-corrected chi connectivity index (χ3v) is 5.12. The van der Waals surface area contributed by atoms with Crippen molar-refractivity contribution in [3.8, 4) is 0 Å². The average molecular weight is 269 g/mol. The van der Waals surface area contributed by atoms with Gasteiger partial charge in [-0.05, 0) is 18.3 Å². The quantitative estimate of drug-likeness (QED) is 0.286. The van der Waals surface area contributed by atoms with Crippen molar-refractivity contribution in [3.05, 3.63) is 0 Å². The monoisotopic (exact) mass is 268 g/mol. The maximum atomic E-state index is 2.42. The van der Waals surface area contributed by atoms with Crippen LogP contribution in [0.5, 0.6) is 0 Å².